The fraction of sp³-hybridized carbons (Fsp3) is 0.966. The third-order valence-electron chi connectivity index (χ3n) is 12.0. The molecule has 33 heavy (non-hydrogen) atoms. The van der Waals surface area contributed by atoms with E-state index in [9.17, 15) is 9.90 Å². The van der Waals surface area contributed by atoms with E-state index in [2.05, 4.69) is 25.7 Å². The molecule has 1 heterocycles. The smallest absolute Gasteiger partial charge is 0.222 e. The molecule has 188 valence electrons. The highest BCUT2D eigenvalue weighted by Crippen LogP contribution is 2.68. The lowest BCUT2D eigenvalue weighted by Crippen LogP contribution is -2.58. The molecule has 4 nitrogen and oxygen atoms in total. The predicted octanol–water partition coefficient (Wildman–Crippen LogP) is 5.67. The molecule has 0 aromatic heterocycles. The van der Waals surface area contributed by atoms with E-state index < -0.39 is 0 Å². The van der Waals surface area contributed by atoms with Crippen LogP contribution in [0.4, 0.5) is 0 Å². The Morgan fingerprint density at radius 2 is 1.73 bits per heavy atom. The monoisotopic (exact) mass is 459 g/mol. The van der Waals surface area contributed by atoms with Crippen molar-refractivity contribution in [1.82, 2.24) is 4.90 Å². The van der Waals surface area contributed by atoms with Crippen LogP contribution in [-0.4, -0.2) is 48.3 Å². The van der Waals surface area contributed by atoms with Crippen LogP contribution < -0.4 is 0 Å². The highest BCUT2D eigenvalue weighted by Gasteiger charge is 2.62. The minimum Gasteiger partial charge on any atom is -0.393 e. The van der Waals surface area contributed by atoms with Gasteiger partial charge in [0.15, 0.2) is 0 Å². The zero-order valence-corrected chi connectivity index (χ0v) is 21.7. The Morgan fingerprint density at radius 3 is 2.45 bits per heavy atom. The molecule has 5 rings (SSSR count). The number of amides is 1. The molecule has 5 fully saturated rings. The molecule has 1 N–H and O–H groups in total. The second kappa shape index (κ2) is 9.12. The largest absolute Gasteiger partial charge is 0.393 e. The third-order valence-corrected chi connectivity index (χ3v) is 12.0. The van der Waals surface area contributed by atoms with Crippen molar-refractivity contribution >= 4 is 5.91 Å². The van der Waals surface area contributed by atoms with Crippen molar-refractivity contribution < 1.29 is 14.6 Å². The molecule has 1 amide bonds. The standard InChI is InChI=1S/C29H49NO3/c1-19(7-10-26(32)30-15-5-6-16-30)22-8-9-23-27-24(12-14-29(22,23)3)28(2)13-11-21(33-4)17-20(28)18-25(27)31/h19-25,27,31H,5-18H2,1-4H3/t19-,20+,21-,22-,23+,24+,25+,27+,28+,29-/m1/s1. The van der Waals surface area contributed by atoms with E-state index >= 15 is 0 Å². The summed E-state index contributed by atoms with van der Waals surface area (Å²) in [5.41, 5.74) is 0.720. The Hall–Kier alpha value is -0.610. The third kappa shape index (κ3) is 3.99. The minimum atomic E-state index is -0.140. The number of hydrogen-bond acceptors (Lipinski definition) is 3. The molecule has 0 unspecified atom stereocenters. The first kappa shape index (κ1) is 24.1. The van der Waals surface area contributed by atoms with Gasteiger partial charge in [-0.1, -0.05) is 20.8 Å². The van der Waals surface area contributed by atoms with Crippen molar-refractivity contribution in [2.45, 2.75) is 110 Å². The number of hydrogen-bond donors (Lipinski definition) is 1. The van der Waals surface area contributed by atoms with Crippen LogP contribution in [0.5, 0.6) is 0 Å². The van der Waals surface area contributed by atoms with Crippen LogP contribution in [0, 0.1) is 46.3 Å². The summed E-state index contributed by atoms with van der Waals surface area (Å²) in [6.45, 7) is 9.50. The number of aliphatic hydroxyl groups excluding tert-OH is 1. The molecule has 0 radical (unpaired) electrons. The molecule has 0 spiro atoms. The van der Waals surface area contributed by atoms with Crippen LogP contribution in [0.3, 0.4) is 0 Å². The van der Waals surface area contributed by atoms with Gasteiger partial charge in [-0.3, -0.25) is 4.79 Å². The summed E-state index contributed by atoms with van der Waals surface area (Å²) in [5.74, 6) is 4.12. The van der Waals surface area contributed by atoms with Crippen LogP contribution in [-0.2, 0) is 9.53 Å². The predicted molar refractivity (Wildman–Crippen MR) is 132 cm³/mol. The van der Waals surface area contributed by atoms with Crippen molar-refractivity contribution in [1.29, 1.82) is 0 Å². The van der Waals surface area contributed by atoms with Crippen LogP contribution in [0.2, 0.25) is 0 Å². The number of methoxy groups -OCH3 is 1. The van der Waals surface area contributed by atoms with Gasteiger partial charge in [-0.2, -0.15) is 0 Å². The first-order valence-corrected chi connectivity index (χ1v) is 14.3. The maximum Gasteiger partial charge on any atom is 0.222 e. The maximum absolute atomic E-state index is 12.7. The number of carbonyl (C=O) groups is 1. The zero-order valence-electron chi connectivity index (χ0n) is 21.7. The van der Waals surface area contributed by atoms with Crippen molar-refractivity contribution in [3.8, 4) is 0 Å². The van der Waals surface area contributed by atoms with Gasteiger partial charge in [0.05, 0.1) is 12.2 Å². The summed E-state index contributed by atoms with van der Waals surface area (Å²) >= 11 is 0. The molecule has 4 heteroatoms. The zero-order chi connectivity index (χ0) is 23.4. The highest BCUT2D eigenvalue weighted by molar-refractivity contribution is 5.76. The van der Waals surface area contributed by atoms with Crippen LogP contribution in [0.15, 0.2) is 0 Å². The molecule has 1 saturated heterocycles. The number of rotatable bonds is 5. The van der Waals surface area contributed by atoms with E-state index in [-0.39, 0.29) is 6.10 Å². The first-order valence-electron chi connectivity index (χ1n) is 14.3. The van der Waals surface area contributed by atoms with E-state index in [0.29, 0.717) is 58.3 Å². The molecular formula is C29H49NO3. The Kier molecular flexibility index (Phi) is 6.66. The fourth-order valence-corrected chi connectivity index (χ4v) is 10.0. The lowest BCUT2D eigenvalue weighted by Gasteiger charge is -2.62. The van der Waals surface area contributed by atoms with Crippen LogP contribution in [0.1, 0.15) is 97.8 Å². The maximum atomic E-state index is 12.7. The lowest BCUT2D eigenvalue weighted by atomic mass is 9.43. The average Bonchev–Trinajstić information content (AvgIpc) is 3.45. The lowest BCUT2D eigenvalue weighted by molar-refractivity contribution is -0.176. The van der Waals surface area contributed by atoms with Gasteiger partial charge in [-0.15, -0.1) is 0 Å². The quantitative estimate of drug-likeness (QED) is 0.576. The molecule has 0 aromatic rings. The minimum absolute atomic E-state index is 0.140. The average molecular weight is 460 g/mol. The molecule has 0 aromatic carbocycles. The Balaban J connectivity index is 1.27. The summed E-state index contributed by atoms with van der Waals surface area (Å²) in [6.07, 6.45) is 14.1. The second-order valence-electron chi connectivity index (χ2n) is 13.3. The van der Waals surface area contributed by atoms with Crippen LogP contribution >= 0.6 is 0 Å². The molecule has 1 aliphatic heterocycles. The van der Waals surface area contributed by atoms with E-state index in [1.54, 1.807) is 0 Å². The van der Waals surface area contributed by atoms with E-state index in [4.69, 9.17) is 4.74 Å². The number of carbonyl (C=O) groups excluding carboxylic acids is 1. The summed E-state index contributed by atoms with van der Waals surface area (Å²) in [4.78, 5) is 14.7. The van der Waals surface area contributed by atoms with Gasteiger partial charge in [0, 0.05) is 26.6 Å². The SMILES string of the molecule is CO[C@@H]1CC[C@@]2(C)[C@@H](C1)C[C@H](O)[C@@H]1[C@@H]2CC[C@]2(C)[C@@H]([C@H](C)CCC(=O)N3CCCC3)CC[C@@H]12. The Bertz CT molecular complexity index is 720. The molecule has 0 bridgehead atoms. The van der Waals surface area contributed by atoms with Crippen LogP contribution in [0.25, 0.3) is 0 Å². The fourth-order valence-electron chi connectivity index (χ4n) is 10.0. The van der Waals surface area contributed by atoms with Gasteiger partial charge in [0.1, 0.15) is 0 Å². The molecule has 10 atom stereocenters. The molecule has 4 aliphatic carbocycles. The van der Waals surface area contributed by atoms with E-state index in [1.807, 2.05) is 7.11 Å². The van der Waals surface area contributed by atoms with Gasteiger partial charge < -0.3 is 14.7 Å². The molecular weight excluding hydrogens is 410 g/mol. The van der Waals surface area contributed by atoms with E-state index in [0.717, 1.165) is 38.8 Å². The summed E-state index contributed by atoms with van der Waals surface area (Å²) < 4.78 is 5.75. The number of ether oxygens (including phenoxy) is 1. The highest BCUT2D eigenvalue weighted by atomic mass is 16.5. The topological polar surface area (TPSA) is 49.8 Å². The number of fused-ring (bicyclic) bond motifs is 5. The second-order valence-corrected chi connectivity index (χ2v) is 13.3. The summed E-state index contributed by atoms with van der Waals surface area (Å²) in [6, 6.07) is 0. The summed E-state index contributed by atoms with van der Waals surface area (Å²) in [5, 5.41) is 11.5. The van der Waals surface area contributed by atoms with Gasteiger partial charge in [-0.05, 0) is 117 Å². The molecule has 5 aliphatic rings. The Morgan fingerprint density at radius 1 is 1.03 bits per heavy atom. The van der Waals surface area contributed by atoms with Crippen molar-refractivity contribution in [3.05, 3.63) is 0 Å². The van der Waals surface area contributed by atoms with E-state index in [1.165, 1.54) is 51.4 Å². The van der Waals surface area contributed by atoms with Gasteiger partial charge >= 0.3 is 0 Å². The van der Waals surface area contributed by atoms with Crippen molar-refractivity contribution in [2.24, 2.45) is 46.3 Å². The van der Waals surface area contributed by atoms with Gasteiger partial charge in [0.25, 0.3) is 0 Å². The molecule has 4 saturated carbocycles. The Labute approximate surface area is 202 Å². The number of likely N-dealkylation sites (tertiary alicyclic amines) is 1. The first-order chi connectivity index (χ1) is 15.8. The number of nitrogens with zero attached hydrogens (tertiary/aromatic N) is 1. The van der Waals surface area contributed by atoms with Crippen molar-refractivity contribution in [3.63, 3.8) is 0 Å². The summed E-state index contributed by atoms with van der Waals surface area (Å²) in [7, 11) is 1.86. The van der Waals surface area contributed by atoms with Crippen molar-refractivity contribution in [2.75, 3.05) is 20.2 Å². The van der Waals surface area contributed by atoms with Gasteiger partial charge in [0.2, 0.25) is 5.91 Å². The normalized spacial score (nSPS) is 48.2. The van der Waals surface area contributed by atoms with Gasteiger partial charge in [-0.25, -0.2) is 0 Å². The number of aliphatic hydroxyl groups is 1.